The molecular weight excluding hydrogens is 562 g/mol. The van der Waals surface area contributed by atoms with Gasteiger partial charge in [0.25, 0.3) is 0 Å². The number of morpholine rings is 1. The Bertz CT molecular complexity index is 1450. The molecule has 2 amide bonds. The van der Waals surface area contributed by atoms with E-state index in [1.165, 1.54) is 5.48 Å². The summed E-state index contributed by atoms with van der Waals surface area (Å²) in [5.41, 5.74) is 4.20. The number of methoxy groups -OCH3 is 1. The maximum absolute atomic E-state index is 13.6. The van der Waals surface area contributed by atoms with E-state index in [0.717, 1.165) is 61.4 Å². The van der Waals surface area contributed by atoms with Crippen molar-refractivity contribution in [2.24, 2.45) is 0 Å². The summed E-state index contributed by atoms with van der Waals surface area (Å²) in [4.78, 5) is 24.4. The third-order valence-electron chi connectivity index (χ3n) is 7.59. The highest BCUT2D eigenvalue weighted by Gasteiger charge is 2.36. The zero-order valence-corrected chi connectivity index (χ0v) is 24.8. The van der Waals surface area contributed by atoms with Crippen LogP contribution in [0.5, 0.6) is 5.75 Å². The summed E-state index contributed by atoms with van der Waals surface area (Å²) in [5.74, 6) is 0.535. The number of para-hydroxylation sites is 1. The van der Waals surface area contributed by atoms with Gasteiger partial charge in [-0.25, -0.2) is 13.9 Å². The predicted molar refractivity (Wildman–Crippen MR) is 157 cm³/mol. The lowest BCUT2D eigenvalue weighted by molar-refractivity contribution is -0.121. The fraction of sp³-hybridized carbons (Fsp3) is 0.448. The minimum Gasteiger partial charge on any atom is -0.497 e. The van der Waals surface area contributed by atoms with Gasteiger partial charge in [-0.15, -0.1) is 0 Å². The number of sulfonamides is 1. The van der Waals surface area contributed by atoms with Gasteiger partial charge in [-0.05, 0) is 62.2 Å². The van der Waals surface area contributed by atoms with E-state index in [1.807, 2.05) is 29.7 Å². The first-order valence-corrected chi connectivity index (χ1v) is 15.4. The highest BCUT2D eigenvalue weighted by Crippen LogP contribution is 2.35. The van der Waals surface area contributed by atoms with Gasteiger partial charge in [0.1, 0.15) is 12.3 Å². The van der Waals surface area contributed by atoms with E-state index in [-0.39, 0.29) is 36.3 Å². The normalized spacial score (nSPS) is 17.5. The van der Waals surface area contributed by atoms with E-state index < -0.39 is 10.0 Å². The van der Waals surface area contributed by atoms with Crippen LogP contribution in [0.2, 0.25) is 0 Å². The van der Waals surface area contributed by atoms with Crippen molar-refractivity contribution in [3.8, 4) is 5.75 Å². The lowest BCUT2D eigenvalue weighted by atomic mass is 10.00. The Balaban J connectivity index is 0.000000952. The van der Waals surface area contributed by atoms with Gasteiger partial charge in [0, 0.05) is 42.3 Å². The quantitative estimate of drug-likeness (QED) is 0.138. The maximum Gasteiger partial charge on any atom is 0.243 e. The van der Waals surface area contributed by atoms with Gasteiger partial charge in [0.2, 0.25) is 22.3 Å². The number of fused-ring (bicyclic) bond motifs is 3. The van der Waals surface area contributed by atoms with E-state index >= 15 is 0 Å². The molecule has 0 spiro atoms. The topological polar surface area (TPSA) is 142 Å². The van der Waals surface area contributed by atoms with Gasteiger partial charge in [0.15, 0.2) is 0 Å². The van der Waals surface area contributed by atoms with Crippen molar-refractivity contribution >= 4 is 33.2 Å². The molecule has 1 atom stereocenters. The van der Waals surface area contributed by atoms with Crippen LogP contribution in [0.25, 0.3) is 10.9 Å². The van der Waals surface area contributed by atoms with Crippen molar-refractivity contribution in [2.75, 3.05) is 46.5 Å². The molecule has 1 aromatic heterocycles. The number of amides is 2. The lowest BCUT2D eigenvalue weighted by Crippen LogP contribution is -2.43. The molecule has 0 unspecified atom stereocenters. The van der Waals surface area contributed by atoms with Crippen LogP contribution < -0.4 is 15.5 Å². The summed E-state index contributed by atoms with van der Waals surface area (Å²) in [5, 5.41) is 11.4. The monoisotopic (exact) mass is 601 g/mol. The lowest BCUT2D eigenvalue weighted by Gasteiger charge is -2.33. The molecule has 1 saturated heterocycles. The number of carbonyl (C=O) groups excluding carboxylic acids is 2. The molecule has 1 fully saturated rings. The second-order valence-electron chi connectivity index (χ2n) is 10.2. The molecule has 5 rings (SSSR count). The molecule has 2 aromatic carbocycles. The van der Waals surface area contributed by atoms with E-state index in [0.29, 0.717) is 18.7 Å². The largest absolute Gasteiger partial charge is 0.497 e. The van der Waals surface area contributed by atoms with Gasteiger partial charge in [-0.3, -0.25) is 19.7 Å². The van der Waals surface area contributed by atoms with Gasteiger partial charge >= 0.3 is 0 Å². The van der Waals surface area contributed by atoms with E-state index in [2.05, 4.69) is 16.3 Å². The van der Waals surface area contributed by atoms with Gasteiger partial charge in [0.05, 0.1) is 31.8 Å². The van der Waals surface area contributed by atoms with Crippen molar-refractivity contribution < 1.29 is 32.7 Å². The van der Waals surface area contributed by atoms with Crippen LogP contribution >= 0.6 is 0 Å². The molecule has 3 N–H and O–H groups in total. The Labute approximate surface area is 246 Å². The number of hydroxylamine groups is 1. The molecule has 13 heteroatoms. The third kappa shape index (κ3) is 7.28. The Morgan fingerprint density at radius 1 is 1.14 bits per heavy atom. The SMILES string of the molecule is COc1ccc(S(=O)(=O)N2Cc3c(c4ccccc4n3CC(=O)NCCCN3CCOCC3)C[C@H]2C)cc1.O=CNO. The minimum atomic E-state index is -3.74. The number of hydrogen-bond acceptors (Lipinski definition) is 8. The maximum atomic E-state index is 13.6. The fourth-order valence-corrected chi connectivity index (χ4v) is 7.07. The predicted octanol–water partition coefficient (Wildman–Crippen LogP) is 1.75. The number of nitrogens with zero attached hydrogens (tertiary/aromatic N) is 3. The molecule has 2 aliphatic rings. The summed E-state index contributed by atoms with van der Waals surface area (Å²) in [6.45, 7) is 7.24. The molecular formula is C29H39N5O7S. The van der Waals surface area contributed by atoms with Crippen LogP contribution in [-0.2, 0) is 43.9 Å². The Morgan fingerprint density at radius 2 is 1.83 bits per heavy atom. The van der Waals surface area contributed by atoms with Crippen LogP contribution in [0, 0.1) is 0 Å². The Hall–Kier alpha value is -3.49. The van der Waals surface area contributed by atoms with Crippen molar-refractivity contribution in [3.63, 3.8) is 0 Å². The molecule has 12 nitrogen and oxygen atoms in total. The molecule has 0 saturated carbocycles. The highest BCUT2D eigenvalue weighted by atomic mass is 32.2. The number of benzene rings is 2. The first-order chi connectivity index (χ1) is 20.3. The fourth-order valence-electron chi connectivity index (χ4n) is 5.48. The number of carbonyl (C=O) groups is 2. The average molecular weight is 602 g/mol. The number of ether oxygens (including phenoxy) is 2. The van der Waals surface area contributed by atoms with Crippen LogP contribution in [0.15, 0.2) is 53.4 Å². The summed E-state index contributed by atoms with van der Waals surface area (Å²) in [6.07, 6.45) is 1.64. The highest BCUT2D eigenvalue weighted by molar-refractivity contribution is 7.89. The van der Waals surface area contributed by atoms with E-state index in [4.69, 9.17) is 19.5 Å². The first-order valence-electron chi connectivity index (χ1n) is 13.9. The molecule has 0 bridgehead atoms. The number of rotatable bonds is 10. The molecule has 2 aliphatic heterocycles. The molecule has 228 valence electrons. The molecule has 0 radical (unpaired) electrons. The molecule has 0 aliphatic carbocycles. The number of nitrogens with one attached hydrogen (secondary N) is 2. The summed E-state index contributed by atoms with van der Waals surface area (Å²) < 4.78 is 41.4. The second kappa shape index (κ2) is 14.6. The van der Waals surface area contributed by atoms with Crippen LogP contribution in [0.3, 0.4) is 0 Å². The summed E-state index contributed by atoms with van der Waals surface area (Å²) >= 11 is 0. The van der Waals surface area contributed by atoms with E-state index in [1.54, 1.807) is 35.7 Å². The van der Waals surface area contributed by atoms with Crippen LogP contribution in [-0.4, -0.2) is 92.3 Å². The molecule has 3 heterocycles. The molecule has 3 aromatic rings. The van der Waals surface area contributed by atoms with Crippen LogP contribution in [0.1, 0.15) is 24.6 Å². The van der Waals surface area contributed by atoms with Gasteiger partial charge in [-0.1, -0.05) is 18.2 Å². The van der Waals surface area contributed by atoms with Crippen molar-refractivity contribution in [3.05, 3.63) is 59.8 Å². The molecule has 42 heavy (non-hydrogen) atoms. The standard InChI is InChI=1S/C28H36N4O5S.CH3NO2/c1-21-18-25-24-6-3-4-7-26(24)31(20-28(33)29-12-5-13-30-14-16-37-17-15-30)27(25)19-32(21)38(34,35)23-10-8-22(36-2)9-11-23;3-1-2-4/h3-4,6-11,21H,5,12-20H2,1-2H3,(H,29,33);1,4H,(H,2,3)/t21-;/m1./s1. The smallest absolute Gasteiger partial charge is 0.243 e. The van der Waals surface area contributed by atoms with Crippen molar-refractivity contribution in [2.45, 2.75) is 43.8 Å². The van der Waals surface area contributed by atoms with Crippen LogP contribution in [0.4, 0.5) is 0 Å². The third-order valence-corrected chi connectivity index (χ3v) is 9.56. The van der Waals surface area contributed by atoms with Crippen molar-refractivity contribution in [1.29, 1.82) is 0 Å². The van der Waals surface area contributed by atoms with Gasteiger partial charge in [-0.2, -0.15) is 4.31 Å². The Kier molecular flexibility index (Phi) is 10.9. The minimum absolute atomic E-state index is 0.0706. The van der Waals surface area contributed by atoms with E-state index in [9.17, 15) is 13.2 Å². The zero-order valence-electron chi connectivity index (χ0n) is 24.0. The summed E-state index contributed by atoms with van der Waals surface area (Å²) in [6, 6.07) is 14.3. The summed E-state index contributed by atoms with van der Waals surface area (Å²) in [7, 11) is -2.19. The number of hydrogen-bond donors (Lipinski definition) is 3. The Morgan fingerprint density at radius 3 is 2.50 bits per heavy atom. The average Bonchev–Trinajstić information content (AvgIpc) is 3.31. The number of aromatic nitrogens is 1. The second-order valence-corrected chi connectivity index (χ2v) is 12.1. The zero-order chi connectivity index (χ0) is 30.1. The van der Waals surface area contributed by atoms with Gasteiger partial charge < -0.3 is 19.4 Å². The van der Waals surface area contributed by atoms with Crippen molar-refractivity contribution in [1.82, 2.24) is 24.6 Å². The first kappa shape index (κ1) is 31.4.